The lowest BCUT2D eigenvalue weighted by molar-refractivity contribution is -0.125. The average molecular weight is 682 g/mol. The number of rotatable bonds is 27. The minimum absolute atomic E-state index is 0.0622. The van der Waals surface area contributed by atoms with Crippen LogP contribution < -0.4 is 21.7 Å². The zero-order valence-electron chi connectivity index (χ0n) is 30.0. The Morgan fingerprint density at radius 1 is 0.674 bits per heavy atom. The molecule has 0 aromatic carbocycles. The van der Waals surface area contributed by atoms with Crippen LogP contribution in [-0.4, -0.2) is 118 Å². The summed E-state index contributed by atoms with van der Waals surface area (Å²) < 4.78 is 29.2. The molecule has 3 amide bonds. The zero-order valence-corrected chi connectivity index (χ0v) is 30.9. The lowest BCUT2D eigenvalue weighted by atomic mass is 10.0. The maximum absolute atomic E-state index is 11.8. The van der Waals surface area contributed by atoms with Crippen LogP contribution in [0.2, 0.25) is 0 Å². The van der Waals surface area contributed by atoms with Crippen LogP contribution >= 0.6 is 8.37 Å². The van der Waals surface area contributed by atoms with E-state index < -0.39 is 6.09 Å². The van der Waals surface area contributed by atoms with Crippen LogP contribution in [0, 0.1) is 11.8 Å². The molecule has 0 aromatic heterocycles. The van der Waals surface area contributed by atoms with Gasteiger partial charge in [0.15, 0.2) is 0 Å². The molecule has 14 heteroatoms. The number of unbranched alkanes of at least 4 members (excludes halogenated alkanes) is 4. The molecule has 13 nitrogen and oxygen atoms in total. The van der Waals surface area contributed by atoms with Gasteiger partial charge in [0.2, 0.25) is 11.8 Å². The third-order valence-corrected chi connectivity index (χ3v) is 6.78. The number of hydrogen-bond donors (Lipinski definition) is 4. The molecule has 5 N–H and O–H groups in total. The van der Waals surface area contributed by atoms with Crippen molar-refractivity contribution < 1.29 is 38.1 Å². The van der Waals surface area contributed by atoms with E-state index in [1.54, 1.807) is 7.05 Å². The van der Waals surface area contributed by atoms with Crippen LogP contribution in [0.15, 0.2) is 4.74 Å². The third-order valence-electron chi connectivity index (χ3n) is 6.38. The van der Waals surface area contributed by atoms with Gasteiger partial charge >= 0.3 is 6.09 Å². The van der Waals surface area contributed by atoms with Gasteiger partial charge in [-0.1, -0.05) is 66.2 Å². The summed E-state index contributed by atoms with van der Waals surface area (Å²) >= 11 is 0. The lowest BCUT2D eigenvalue weighted by Crippen LogP contribution is -2.32. The molecular formula is C32H68N5O8P. The number of carbonyl (C=O) groups is 3. The Balaban J connectivity index is -0.000000729. The van der Waals surface area contributed by atoms with E-state index in [4.69, 9.17) is 24.7 Å². The molecule has 0 radical (unpaired) electrons. The Morgan fingerprint density at radius 3 is 1.37 bits per heavy atom. The van der Waals surface area contributed by atoms with Crippen LogP contribution in [0.4, 0.5) is 4.79 Å². The number of nitrogens with one attached hydrogen (secondary N) is 3. The predicted molar refractivity (Wildman–Crippen MR) is 187 cm³/mol. The zero-order chi connectivity index (χ0) is 35.1. The van der Waals surface area contributed by atoms with Gasteiger partial charge in [0, 0.05) is 45.1 Å². The number of carbonyl (C=O) groups excluding carboxylic acids is 3. The molecule has 0 heterocycles. The fourth-order valence-electron chi connectivity index (χ4n) is 3.53. The van der Waals surface area contributed by atoms with Gasteiger partial charge in [-0.15, -0.1) is 0 Å². The minimum atomic E-state index is -0.468. The van der Waals surface area contributed by atoms with Gasteiger partial charge in [0.25, 0.3) is 0 Å². The van der Waals surface area contributed by atoms with E-state index in [1.165, 1.54) is 32.8 Å². The van der Waals surface area contributed by atoms with Gasteiger partial charge in [-0.25, -0.2) is 4.79 Å². The highest BCUT2D eigenvalue weighted by molar-refractivity contribution is 7.25. The SMILES string of the molecule is CCCCCC(C)C(=O)NCCOCCOCCN.CCCCCC(C)C(=O)NCCOCCOCCNC(=O)OC.CN=PC. The molecule has 0 bridgehead atoms. The van der Waals surface area contributed by atoms with Gasteiger partial charge in [-0.05, 0) is 27.9 Å². The molecule has 2 atom stereocenters. The van der Waals surface area contributed by atoms with E-state index >= 15 is 0 Å². The molecule has 0 rings (SSSR count). The Hall–Kier alpha value is -1.89. The molecular weight excluding hydrogens is 613 g/mol. The first-order chi connectivity index (χ1) is 22.2. The van der Waals surface area contributed by atoms with Crippen molar-refractivity contribution in [3.05, 3.63) is 0 Å². The maximum atomic E-state index is 11.8. The summed E-state index contributed by atoms with van der Waals surface area (Å²) in [6.45, 7) is 16.2. The number of nitrogens with two attached hydrogens (primary N) is 1. The Labute approximate surface area is 281 Å². The quantitative estimate of drug-likeness (QED) is 0.0725. The number of amides is 3. The fourth-order valence-corrected chi connectivity index (χ4v) is 3.53. The van der Waals surface area contributed by atoms with Crippen LogP contribution in [0.5, 0.6) is 0 Å². The first-order valence-electron chi connectivity index (χ1n) is 16.8. The van der Waals surface area contributed by atoms with Crippen LogP contribution in [0.1, 0.15) is 79.1 Å². The highest BCUT2D eigenvalue weighted by atomic mass is 31.1. The first kappa shape index (κ1) is 48.5. The molecule has 0 aliphatic rings. The molecule has 0 aliphatic heterocycles. The Bertz CT molecular complexity index is 703. The number of alkyl carbamates (subject to hydrolysis) is 1. The summed E-state index contributed by atoms with van der Waals surface area (Å²) in [5.41, 5.74) is 5.28. The van der Waals surface area contributed by atoms with Crippen LogP contribution in [-0.2, 0) is 33.3 Å². The molecule has 0 spiro atoms. The van der Waals surface area contributed by atoms with Crippen molar-refractivity contribution in [2.45, 2.75) is 79.1 Å². The molecule has 0 fully saturated rings. The molecule has 0 aliphatic carbocycles. The predicted octanol–water partition coefficient (Wildman–Crippen LogP) is 4.39. The van der Waals surface area contributed by atoms with Crippen molar-refractivity contribution in [1.82, 2.24) is 16.0 Å². The van der Waals surface area contributed by atoms with Gasteiger partial charge in [-0.3, -0.25) is 14.3 Å². The van der Waals surface area contributed by atoms with Crippen molar-refractivity contribution in [2.75, 3.05) is 99.9 Å². The molecule has 2 unspecified atom stereocenters. The van der Waals surface area contributed by atoms with Crippen LogP contribution in [0.3, 0.4) is 0 Å². The summed E-state index contributed by atoms with van der Waals surface area (Å²) in [6, 6.07) is 0. The Morgan fingerprint density at radius 2 is 1.04 bits per heavy atom. The molecule has 46 heavy (non-hydrogen) atoms. The highest BCUT2D eigenvalue weighted by Crippen LogP contribution is 2.09. The van der Waals surface area contributed by atoms with E-state index in [-0.39, 0.29) is 23.7 Å². The number of nitrogens with zero attached hydrogens (tertiary/aromatic N) is 1. The van der Waals surface area contributed by atoms with Gasteiger partial charge in [0.05, 0.1) is 60.0 Å². The van der Waals surface area contributed by atoms with E-state index in [9.17, 15) is 14.4 Å². The largest absolute Gasteiger partial charge is 0.453 e. The molecule has 0 saturated heterocycles. The third kappa shape index (κ3) is 40.1. The maximum Gasteiger partial charge on any atom is 0.406 e. The second-order valence-electron chi connectivity index (χ2n) is 10.4. The smallest absolute Gasteiger partial charge is 0.406 e. The second kappa shape index (κ2) is 41.1. The summed E-state index contributed by atoms with van der Waals surface area (Å²) in [6.07, 6.45) is 8.40. The number of ether oxygens (including phenoxy) is 5. The van der Waals surface area contributed by atoms with E-state index in [0.717, 1.165) is 34.1 Å². The number of hydrogen-bond acceptors (Lipinski definition) is 10. The molecule has 274 valence electrons. The highest BCUT2D eigenvalue weighted by Gasteiger charge is 2.12. The summed E-state index contributed by atoms with van der Waals surface area (Å²) in [4.78, 5) is 34.2. The standard InChI is InChI=1S/C16H32N2O5.C14H30N2O3.C2H6NP/c1-4-5-6-7-14(2)15(19)17-8-10-22-12-13-23-11-9-18-16(20)21-3;1-3-4-5-6-13(2)14(17)16-8-10-19-12-11-18-9-7-15;1-3-4-2/h14H,4-13H2,1-3H3,(H,17,19)(H,18,20);13H,3-12,15H2,1-2H3,(H,16,17);1-2H3. The van der Waals surface area contributed by atoms with E-state index in [0.29, 0.717) is 79.0 Å². The lowest BCUT2D eigenvalue weighted by Gasteiger charge is -2.12. The summed E-state index contributed by atoms with van der Waals surface area (Å²) in [5.74, 6) is 0.376. The normalized spacial score (nSPS) is 11.8. The summed E-state index contributed by atoms with van der Waals surface area (Å²) in [7, 11) is 4.23. The van der Waals surface area contributed by atoms with Gasteiger partial charge in [0.1, 0.15) is 0 Å². The van der Waals surface area contributed by atoms with Gasteiger partial charge in [-0.2, -0.15) is 0 Å². The Kier molecular flexibility index (Phi) is 43.4. The van der Waals surface area contributed by atoms with E-state index in [2.05, 4.69) is 39.3 Å². The molecule has 0 aromatic rings. The minimum Gasteiger partial charge on any atom is -0.453 e. The van der Waals surface area contributed by atoms with Crippen molar-refractivity contribution in [3.8, 4) is 0 Å². The second-order valence-corrected chi connectivity index (χ2v) is 11.2. The average Bonchev–Trinajstić information content (AvgIpc) is 3.06. The van der Waals surface area contributed by atoms with Crippen molar-refractivity contribution in [2.24, 2.45) is 22.3 Å². The first-order valence-corrected chi connectivity index (χ1v) is 18.1. The van der Waals surface area contributed by atoms with Gasteiger partial charge < -0.3 is 45.4 Å². The van der Waals surface area contributed by atoms with E-state index in [1.807, 2.05) is 20.5 Å². The van der Waals surface area contributed by atoms with Crippen molar-refractivity contribution in [3.63, 3.8) is 0 Å². The van der Waals surface area contributed by atoms with Crippen LogP contribution in [0.25, 0.3) is 0 Å². The fraction of sp³-hybridized carbons (Fsp3) is 0.906. The molecule has 0 saturated carbocycles. The summed E-state index contributed by atoms with van der Waals surface area (Å²) in [5, 5.41) is 8.27. The topological polar surface area (TPSA) is 172 Å². The van der Waals surface area contributed by atoms with Crippen molar-refractivity contribution >= 4 is 26.3 Å². The number of methoxy groups -OCH3 is 1. The van der Waals surface area contributed by atoms with Crippen molar-refractivity contribution in [1.29, 1.82) is 0 Å². The monoisotopic (exact) mass is 681 g/mol.